The third-order valence-electron chi connectivity index (χ3n) is 2.73. The number of hydrogen-bond acceptors (Lipinski definition) is 4. The van der Waals surface area contributed by atoms with Gasteiger partial charge in [-0.1, -0.05) is 23.2 Å². The van der Waals surface area contributed by atoms with Crippen LogP contribution in [0.15, 0.2) is 23.1 Å². The van der Waals surface area contributed by atoms with E-state index in [-0.39, 0.29) is 17.1 Å². The number of thioether (sulfide) groups is 1. The minimum Gasteiger partial charge on any atom is -0.466 e. The molecule has 1 unspecified atom stereocenters. The van der Waals surface area contributed by atoms with Crippen LogP contribution in [0.25, 0.3) is 0 Å². The molecule has 1 amide bonds. The summed E-state index contributed by atoms with van der Waals surface area (Å²) in [5.74, 6) is -0.352. The van der Waals surface area contributed by atoms with Crippen LogP contribution >= 0.6 is 35.0 Å². The molecule has 0 heterocycles. The van der Waals surface area contributed by atoms with Gasteiger partial charge >= 0.3 is 5.97 Å². The molecule has 0 bridgehead atoms. The molecule has 0 aromatic heterocycles. The number of rotatable bonds is 8. The molecule has 0 saturated carbocycles. The average molecular weight is 364 g/mol. The highest BCUT2D eigenvalue weighted by Crippen LogP contribution is 2.32. The van der Waals surface area contributed by atoms with Crippen molar-refractivity contribution in [1.29, 1.82) is 0 Å². The number of esters is 1. The van der Waals surface area contributed by atoms with E-state index in [1.165, 1.54) is 11.8 Å². The monoisotopic (exact) mass is 363 g/mol. The van der Waals surface area contributed by atoms with Crippen molar-refractivity contribution in [2.45, 2.75) is 36.8 Å². The summed E-state index contributed by atoms with van der Waals surface area (Å²) in [4.78, 5) is 23.9. The minimum atomic E-state index is -0.307. The van der Waals surface area contributed by atoms with Gasteiger partial charge in [0.05, 0.1) is 16.9 Å². The largest absolute Gasteiger partial charge is 0.466 e. The summed E-state index contributed by atoms with van der Waals surface area (Å²) in [6.45, 7) is 4.37. The maximum Gasteiger partial charge on any atom is 0.305 e. The third kappa shape index (κ3) is 6.90. The van der Waals surface area contributed by atoms with E-state index in [1.54, 1.807) is 32.0 Å². The number of hydrogen-bond donors (Lipinski definition) is 1. The Morgan fingerprint density at radius 2 is 2.09 bits per heavy atom. The quantitative estimate of drug-likeness (QED) is 0.431. The van der Waals surface area contributed by atoms with Crippen molar-refractivity contribution in [3.05, 3.63) is 28.2 Å². The van der Waals surface area contributed by atoms with Crippen molar-refractivity contribution in [1.82, 2.24) is 5.32 Å². The first-order valence-electron chi connectivity index (χ1n) is 6.99. The molecule has 22 heavy (non-hydrogen) atoms. The van der Waals surface area contributed by atoms with Crippen molar-refractivity contribution >= 4 is 46.8 Å². The van der Waals surface area contributed by atoms with Gasteiger partial charge in [0.1, 0.15) is 0 Å². The zero-order valence-corrected chi connectivity index (χ0v) is 14.9. The Morgan fingerprint density at radius 3 is 2.77 bits per heavy atom. The number of ether oxygens (including phenoxy) is 1. The fourth-order valence-electron chi connectivity index (χ4n) is 1.63. The first-order valence-corrected chi connectivity index (χ1v) is 8.62. The third-order valence-corrected chi connectivity index (χ3v) is 4.56. The number of carbonyl (C=O) groups is 2. The van der Waals surface area contributed by atoms with Crippen molar-refractivity contribution in [3.8, 4) is 0 Å². The predicted octanol–water partition coefficient (Wildman–Crippen LogP) is 3.93. The predicted molar refractivity (Wildman–Crippen MR) is 90.7 cm³/mol. The molecule has 0 saturated heterocycles. The van der Waals surface area contributed by atoms with Gasteiger partial charge in [-0.05, 0) is 38.5 Å². The molecule has 7 heteroatoms. The van der Waals surface area contributed by atoms with Crippen LogP contribution in [0.1, 0.15) is 26.7 Å². The molecule has 1 rings (SSSR count). The first kappa shape index (κ1) is 19.1. The minimum absolute atomic E-state index is 0.107. The summed E-state index contributed by atoms with van der Waals surface area (Å²) < 4.78 is 4.82. The number of benzene rings is 1. The number of amides is 1. The smallest absolute Gasteiger partial charge is 0.305 e. The summed E-state index contributed by atoms with van der Waals surface area (Å²) in [5.41, 5.74) is 0. The second kappa shape index (κ2) is 9.98. The Labute approximate surface area is 144 Å². The summed E-state index contributed by atoms with van der Waals surface area (Å²) in [7, 11) is 0. The molecule has 1 aromatic rings. The second-order valence-electron chi connectivity index (χ2n) is 4.53. The van der Waals surface area contributed by atoms with Crippen LogP contribution < -0.4 is 5.32 Å². The maximum absolute atomic E-state index is 12.0. The second-order valence-corrected chi connectivity index (χ2v) is 6.76. The summed E-state index contributed by atoms with van der Waals surface area (Å²) in [6.07, 6.45) is 0.857. The van der Waals surface area contributed by atoms with Gasteiger partial charge in [-0.3, -0.25) is 9.59 Å². The Kier molecular flexibility index (Phi) is 8.68. The SMILES string of the molecule is CCOC(=O)CCCNC(=O)C(C)Sc1cc(Cl)ccc1Cl. The van der Waals surface area contributed by atoms with Gasteiger partial charge in [-0.2, -0.15) is 0 Å². The molecular weight excluding hydrogens is 345 g/mol. The lowest BCUT2D eigenvalue weighted by Crippen LogP contribution is -2.31. The van der Waals surface area contributed by atoms with Crippen molar-refractivity contribution in [3.63, 3.8) is 0 Å². The van der Waals surface area contributed by atoms with Gasteiger partial charge in [-0.15, -0.1) is 11.8 Å². The van der Waals surface area contributed by atoms with Crippen molar-refractivity contribution in [2.24, 2.45) is 0 Å². The fraction of sp³-hybridized carbons (Fsp3) is 0.467. The van der Waals surface area contributed by atoms with Gasteiger partial charge in [0, 0.05) is 22.9 Å². The van der Waals surface area contributed by atoms with E-state index >= 15 is 0 Å². The molecular formula is C15H19Cl2NO3S. The number of halogens is 2. The normalized spacial score (nSPS) is 11.8. The van der Waals surface area contributed by atoms with E-state index in [0.717, 1.165) is 4.90 Å². The van der Waals surface area contributed by atoms with E-state index in [9.17, 15) is 9.59 Å². The lowest BCUT2D eigenvalue weighted by molar-refractivity contribution is -0.143. The summed E-state index contributed by atoms with van der Waals surface area (Å²) >= 11 is 13.3. The molecule has 0 aliphatic carbocycles. The highest BCUT2D eigenvalue weighted by atomic mass is 35.5. The van der Waals surface area contributed by atoms with Crippen LogP contribution in [-0.4, -0.2) is 30.3 Å². The Morgan fingerprint density at radius 1 is 1.36 bits per heavy atom. The first-order chi connectivity index (χ1) is 10.4. The molecule has 0 aliphatic heterocycles. The van der Waals surface area contributed by atoms with Crippen molar-refractivity contribution in [2.75, 3.05) is 13.2 Å². The van der Waals surface area contributed by atoms with Gasteiger partial charge in [-0.25, -0.2) is 0 Å². The van der Waals surface area contributed by atoms with Gasteiger partial charge < -0.3 is 10.1 Å². The highest BCUT2D eigenvalue weighted by molar-refractivity contribution is 8.00. The molecule has 1 aromatic carbocycles. The molecule has 122 valence electrons. The molecule has 4 nitrogen and oxygen atoms in total. The van der Waals surface area contributed by atoms with Crippen LogP contribution in [0.3, 0.4) is 0 Å². The van der Waals surface area contributed by atoms with Crippen LogP contribution in [-0.2, 0) is 14.3 Å². The van der Waals surface area contributed by atoms with Crippen LogP contribution in [0.5, 0.6) is 0 Å². The molecule has 0 spiro atoms. The van der Waals surface area contributed by atoms with Crippen LogP contribution in [0.2, 0.25) is 10.0 Å². The molecule has 0 fully saturated rings. The highest BCUT2D eigenvalue weighted by Gasteiger charge is 2.16. The molecule has 1 N–H and O–H groups in total. The van der Waals surface area contributed by atoms with Crippen molar-refractivity contribution < 1.29 is 14.3 Å². The standard InChI is InChI=1S/C15H19Cl2NO3S/c1-3-21-14(19)5-4-8-18-15(20)10(2)22-13-9-11(16)6-7-12(13)17/h6-7,9-10H,3-5,8H2,1-2H3,(H,18,20). The van der Waals surface area contributed by atoms with E-state index in [1.807, 2.05) is 0 Å². The summed E-state index contributed by atoms with van der Waals surface area (Å²) in [5, 5.41) is 3.63. The van der Waals surface area contributed by atoms with E-state index in [2.05, 4.69) is 5.32 Å². The molecule has 0 aliphatic rings. The topological polar surface area (TPSA) is 55.4 Å². The van der Waals surface area contributed by atoms with E-state index in [0.29, 0.717) is 36.0 Å². The average Bonchev–Trinajstić information content (AvgIpc) is 2.47. The lowest BCUT2D eigenvalue weighted by atomic mass is 10.3. The zero-order chi connectivity index (χ0) is 16.5. The van der Waals surface area contributed by atoms with E-state index in [4.69, 9.17) is 27.9 Å². The molecule has 0 radical (unpaired) electrons. The maximum atomic E-state index is 12.0. The van der Waals surface area contributed by atoms with Gasteiger partial charge in [0.2, 0.25) is 5.91 Å². The molecule has 1 atom stereocenters. The van der Waals surface area contributed by atoms with Crippen LogP contribution in [0, 0.1) is 0 Å². The summed E-state index contributed by atoms with van der Waals surface area (Å²) in [6, 6.07) is 5.14. The Hall–Kier alpha value is -0.910. The Balaban J connectivity index is 2.36. The van der Waals surface area contributed by atoms with Gasteiger partial charge in [0.15, 0.2) is 0 Å². The van der Waals surface area contributed by atoms with Gasteiger partial charge in [0.25, 0.3) is 0 Å². The number of nitrogens with one attached hydrogen (secondary N) is 1. The zero-order valence-electron chi connectivity index (χ0n) is 12.5. The fourth-order valence-corrected chi connectivity index (χ4v) is 3.07. The number of carbonyl (C=O) groups excluding carboxylic acids is 2. The lowest BCUT2D eigenvalue weighted by Gasteiger charge is -2.13. The Bertz CT molecular complexity index is 526. The van der Waals surface area contributed by atoms with E-state index < -0.39 is 0 Å². The van der Waals surface area contributed by atoms with Crippen LogP contribution in [0.4, 0.5) is 0 Å².